The Bertz CT molecular complexity index is 258. The number of rotatable bonds is 2. The highest BCUT2D eigenvalue weighted by atomic mass is 16.4. The molecule has 0 saturated carbocycles. The topological polar surface area (TPSA) is 45.5 Å². The van der Waals surface area contributed by atoms with Gasteiger partial charge in [-0.25, -0.2) is 0 Å². The van der Waals surface area contributed by atoms with E-state index < -0.39 is 0 Å². The molecule has 58 valence electrons. The van der Waals surface area contributed by atoms with E-state index in [9.17, 15) is 0 Å². The first kappa shape index (κ1) is 7.72. The summed E-state index contributed by atoms with van der Waals surface area (Å²) in [6, 6.07) is 5.76. The Kier molecular flexibility index (Phi) is 2.60. The Hall–Kier alpha value is -1.38. The van der Waals surface area contributed by atoms with Crippen LogP contribution in [0.25, 0.3) is 0 Å². The smallest absolute Gasteiger partial charge is 0.0495 e. The van der Waals surface area contributed by atoms with Crippen LogP contribution in [0.2, 0.25) is 0 Å². The summed E-state index contributed by atoms with van der Waals surface area (Å²) in [5, 5.41) is 11.0. The number of nitrogens with zero attached hydrogens (tertiary/aromatic N) is 2. The molecule has 0 saturated heterocycles. The minimum Gasteiger partial charge on any atom is -0.411 e. The summed E-state index contributed by atoms with van der Waals surface area (Å²) in [5.74, 6) is 0. The SMILES string of the molecule is Cc1cccc(C/C=N/O)n1. The van der Waals surface area contributed by atoms with Gasteiger partial charge >= 0.3 is 0 Å². The molecule has 0 atom stereocenters. The van der Waals surface area contributed by atoms with Gasteiger partial charge in [0.05, 0.1) is 0 Å². The molecule has 0 unspecified atom stereocenters. The van der Waals surface area contributed by atoms with Crippen LogP contribution in [0.4, 0.5) is 0 Å². The molecule has 0 aliphatic heterocycles. The second kappa shape index (κ2) is 3.71. The Labute approximate surface area is 65.4 Å². The van der Waals surface area contributed by atoms with Crippen molar-refractivity contribution in [3.05, 3.63) is 29.6 Å². The lowest BCUT2D eigenvalue weighted by atomic mass is 10.2. The first-order chi connectivity index (χ1) is 5.33. The molecule has 0 amide bonds. The summed E-state index contributed by atoms with van der Waals surface area (Å²) in [7, 11) is 0. The second-order valence-electron chi connectivity index (χ2n) is 2.27. The van der Waals surface area contributed by atoms with E-state index in [2.05, 4.69) is 10.1 Å². The van der Waals surface area contributed by atoms with Gasteiger partial charge in [0.1, 0.15) is 0 Å². The van der Waals surface area contributed by atoms with Crippen molar-refractivity contribution >= 4 is 6.21 Å². The number of pyridine rings is 1. The van der Waals surface area contributed by atoms with E-state index >= 15 is 0 Å². The maximum absolute atomic E-state index is 8.14. The number of hydrogen-bond donors (Lipinski definition) is 1. The van der Waals surface area contributed by atoms with Crippen molar-refractivity contribution in [2.24, 2.45) is 5.16 Å². The van der Waals surface area contributed by atoms with Gasteiger partial charge in [0.2, 0.25) is 0 Å². The van der Waals surface area contributed by atoms with Crippen molar-refractivity contribution < 1.29 is 5.21 Å². The van der Waals surface area contributed by atoms with Crippen LogP contribution in [0.5, 0.6) is 0 Å². The van der Waals surface area contributed by atoms with E-state index in [1.54, 1.807) is 0 Å². The van der Waals surface area contributed by atoms with Crippen molar-refractivity contribution in [1.29, 1.82) is 0 Å². The molecule has 0 aromatic carbocycles. The molecule has 0 spiro atoms. The lowest BCUT2D eigenvalue weighted by Crippen LogP contribution is -1.91. The van der Waals surface area contributed by atoms with E-state index in [4.69, 9.17) is 5.21 Å². The predicted octanol–water partition coefficient (Wildman–Crippen LogP) is 1.39. The summed E-state index contributed by atoms with van der Waals surface area (Å²) < 4.78 is 0. The highest BCUT2D eigenvalue weighted by molar-refractivity contribution is 5.59. The quantitative estimate of drug-likeness (QED) is 0.393. The van der Waals surface area contributed by atoms with E-state index in [0.717, 1.165) is 11.4 Å². The molecular weight excluding hydrogens is 140 g/mol. The van der Waals surface area contributed by atoms with Crippen molar-refractivity contribution in [2.75, 3.05) is 0 Å². The van der Waals surface area contributed by atoms with Crippen LogP contribution in [-0.4, -0.2) is 16.4 Å². The third kappa shape index (κ3) is 2.37. The molecule has 0 fully saturated rings. The van der Waals surface area contributed by atoms with Crippen LogP contribution in [0.1, 0.15) is 11.4 Å². The number of aromatic nitrogens is 1. The highest BCUT2D eigenvalue weighted by Crippen LogP contribution is 1.97. The van der Waals surface area contributed by atoms with Crippen molar-refractivity contribution in [3.8, 4) is 0 Å². The monoisotopic (exact) mass is 150 g/mol. The van der Waals surface area contributed by atoms with Gasteiger partial charge < -0.3 is 5.21 Å². The minimum atomic E-state index is 0.582. The first-order valence-electron chi connectivity index (χ1n) is 3.41. The summed E-state index contributed by atoms with van der Waals surface area (Å²) in [6.45, 7) is 1.93. The zero-order chi connectivity index (χ0) is 8.10. The molecule has 0 radical (unpaired) electrons. The van der Waals surface area contributed by atoms with Crippen LogP contribution >= 0.6 is 0 Å². The van der Waals surface area contributed by atoms with Crippen molar-refractivity contribution in [3.63, 3.8) is 0 Å². The average molecular weight is 150 g/mol. The maximum atomic E-state index is 8.14. The Balaban J connectivity index is 2.71. The molecule has 1 aromatic rings. The van der Waals surface area contributed by atoms with Crippen LogP contribution < -0.4 is 0 Å². The van der Waals surface area contributed by atoms with Crippen molar-refractivity contribution in [1.82, 2.24) is 4.98 Å². The first-order valence-corrected chi connectivity index (χ1v) is 3.41. The third-order valence-corrected chi connectivity index (χ3v) is 1.33. The standard InChI is InChI=1S/C8H10N2O/c1-7-3-2-4-8(10-7)5-6-9-11/h2-4,6,11H,5H2,1H3/b9-6+. The normalized spacial score (nSPS) is 10.6. The third-order valence-electron chi connectivity index (χ3n) is 1.33. The molecule has 3 heteroatoms. The summed E-state index contributed by atoms with van der Waals surface area (Å²) >= 11 is 0. The fourth-order valence-corrected chi connectivity index (χ4v) is 0.848. The van der Waals surface area contributed by atoms with Crippen molar-refractivity contribution in [2.45, 2.75) is 13.3 Å². The second-order valence-corrected chi connectivity index (χ2v) is 2.27. The van der Waals surface area contributed by atoms with Gasteiger partial charge in [-0.2, -0.15) is 0 Å². The van der Waals surface area contributed by atoms with Gasteiger partial charge in [-0.3, -0.25) is 4.98 Å². The Morgan fingerprint density at radius 1 is 1.64 bits per heavy atom. The fourth-order valence-electron chi connectivity index (χ4n) is 0.848. The Morgan fingerprint density at radius 2 is 2.45 bits per heavy atom. The van der Waals surface area contributed by atoms with Gasteiger partial charge in [-0.15, -0.1) is 5.16 Å². The molecule has 0 aliphatic carbocycles. The summed E-state index contributed by atoms with van der Waals surface area (Å²) in [5.41, 5.74) is 1.90. The molecule has 0 bridgehead atoms. The van der Waals surface area contributed by atoms with E-state index in [1.807, 2.05) is 25.1 Å². The molecule has 1 heterocycles. The number of oxime groups is 1. The molecule has 1 N–H and O–H groups in total. The zero-order valence-electron chi connectivity index (χ0n) is 6.36. The molecule has 3 nitrogen and oxygen atoms in total. The molecule has 11 heavy (non-hydrogen) atoms. The van der Waals surface area contributed by atoms with Crippen LogP contribution in [0.3, 0.4) is 0 Å². The van der Waals surface area contributed by atoms with Crippen LogP contribution in [-0.2, 0) is 6.42 Å². The number of hydrogen-bond acceptors (Lipinski definition) is 3. The van der Waals surface area contributed by atoms with Gasteiger partial charge in [-0.1, -0.05) is 6.07 Å². The average Bonchev–Trinajstić information content (AvgIpc) is 2.01. The lowest BCUT2D eigenvalue weighted by molar-refractivity contribution is 0.320. The van der Waals surface area contributed by atoms with Gasteiger partial charge in [0, 0.05) is 24.0 Å². The predicted molar refractivity (Wildman–Crippen MR) is 43.0 cm³/mol. The van der Waals surface area contributed by atoms with Gasteiger partial charge in [-0.05, 0) is 19.1 Å². The van der Waals surface area contributed by atoms with Gasteiger partial charge in [0.25, 0.3) is 0 Å². The largest absolute Gasteiger partial charge is 0.411 e. The Morgan fingerprint density at radius 3 is 3.09 bits per heavy atom. The minimum absolute atomic E-state index is 0.582. The lowest BCUT2D eigenvalue weighted by Gasteiger charge is -1.95. The molecule has 0 aliphatic rings. The zero-order valence-corrected chi connectivity index (χ0v) is 6.36. The highest BCUT2D eigenvalue weighted by Gasteiger charge is 1.90. The van der Waals surface area contributed by atoms with Crippen LogP contribution in [0, 0.1) is 6.92 Å². The molecular formula is C8H10N2O. The molecule has 1 rings (SSSR count). The van der Waals surface area contributed by atoms with E-state index in [1.165, 1.54) is 6.21 Å². The van der Waals surface area contributed by atoms with Gasteiger partial charge in [0.15, 0.2) is 0 Å². The summed E-state index contributed by atoms with van der Waals surface area (Å²) in [4.78, 5) is 4.21. The summed E-state index contributed by atoms with van der Waals surface area (Å²) in [6.07, 6.45) is 2.00. The molecule has 1 aromatic heterocycles. The maximum Gasteiger partial charge on any atom is 0.0495 e. The van der Waals surface area contributed by atoms with E-state index in [0.29, 0.717) is 6.42 Å². The van der Waals surface area contributed by atoms with Crippen LogP contribution in [0.15, 0.2) is 23.4 Å². The fraction of sp³-hybridized carbons (Fsp3) is 0.250. The number of aryl methyl sites for hydroxylation is 1. The van der Waals surface area contributed by atoms with E-state index in [-0.39, 0.29) is 0 Å².